The molecule has 0 aliphatic carbocycles. The number of non-ortho nitro benzene ring substituents is 1. The van der Waals surface area contributed by atoms with E-state index in [1.807, 2.05) is 13.8 Å². The molecule has 1 aromatic heterocycles. The number of aromatic nitrogens is 2. The average Bonchev–Trinajstić information content (AvgIpc) is 3.17. The molecule has 0 bridgehead atoms. The second-order valence-electron chi connectivity index (χ2n) is 6.57. The molecule has 0 fully saturated rings. The van der Waals surface area contributed by atoms with Crippen molar-refractivity contribution < 1.29 is 26.6 Å². The van der Waals surface area contributed by atoms with E-state index in [2.05, 4.69) is 10.1 Å². The number of nitrogens with zero attached hydrogens (tertiary/aromatic N) is 4. The number of halogens is 2. The zero-order valence-electron chi connectivity index (χ0n) is 15.8. The van der Waals surface area contributed by atoms with E-state index in [0.717, 1.165) is 16.4 Å². The molecule has 0 aliphatic heterocycles. The van der Waals surface area contributed by atoms with Crippen LogP contribution in [0.15, 0.2) is 51.9 Å². The molecule has 0 unspecified atom stereocenters. The minimum Gasteiger partial charge on any atom is -0.337 e. The van der Waals surface area contributed by atoms with Crippen LogP contribution in [0.2, 0.25) is 0 Å². The van der Waals surface area contributed by atoms with Gasteiger partial charge in [0.05, 0.1) is 15.5 Å². The van der Waals surface area contributed by atoms with Gasteiger partial charge in [0.2, 0.25) is 5.89 Å². The summed E-state index contributed by atoms with van der Waals surface area (Å²) in [5.74, 6) is -2.38. The highest BCUT2D eigenvalue weighted by Crippen LogP contribution is 2.29. The predicted molar refractivity (Wildman–Crippen MR) is 101 cm³/mol. The number of hydrogen-bond donors (Lipinski definition) is 0. The number of hydrogen-bond acceptors (Lipinski definition) is 7. The van der Waals surface area contributed by atoms with E-state index < -0.39 is 38.0 Å². The van der Waals surface area contributed by atoms with Crippen molar-refractivity contribution in [2.75, 3.05) is 4.31 Å². The molecule has 30 heavy (non-hydrogen) atoms. The Labute approximate surface area is 170 Å². The number of nitro benzene ring substituents is 1. The zero-order valence-corrected chi connectivity index (χ0v) is 16.6. The van der Waals surface area contributed by atoms with Gasteiger partial charge in [-0.15, -0.1) is 0 Å². The molecule has 3 aromatic rings. The summed E-state index contributed by atoms with van der Waals surface area (Å²) in [7, 11) is -4.47. The Morgan fingerprint density at radius 2 is 1.90 bits per heavy atom. The van der Waals surface area contributed by atoms with Gasteiger partial charge in [-0.3, -0.25) is 14.4 Å². The van der Waals surface area contributed by atoms with Gasteiger partial charge in [-0.2, -0.15) is 4.98 Å². The highest BCUT2D eigenvalue weighted by Gasteiger charge is 2.29. The Bertz CT molecular complexity index is 1200. The Morgan fingerprint density at radius 1 is 1.17 bits per heavy atom. The lowest BCUT2D eigenvalue weighted by Crippen LogP contribution is -2.31. The first kappa shape index (κ1) is 21.3. The normalized spacial score (nSPS) is 11.6. The van der Waals surface area contributed by atoms with Crippen LogP contribution in [0.5, 0.6) is 0 Å². The largest absolute Gasteiger partial charge is 0.337 e. The van der Waals surface area contributed by atoms with Gasteiger partial charge in [0, 0.05) is 18.1 Å². The number of rotatable bonds is 7. The van der Waals surface area contributed by atoms with Crippen LogP contribution in [-0.2, 0) is 16.6 Å². The lowest BCUT2D eigenvalue weighted by molar-refractivity contribution is -0.384. The molecule has 2 aromatic carbocycles. The summed E-state index contributed by atoms with van der Waals surface area (Å²) in [5, 5.41) is 14.9. The van der Waals surface area contributed by atoms with E-state index in [1.54, 1.807) is 0 Å². The quantitative estimate of drug-likeness (QED) is 0.407. The predicted octanol–water partition coefficient (Wildman–Crippen LogP) is 3.77. The van der Waals surface area contributed by atoms with Crippen LogP contribution < -0.4 is 4.31 Å². The lowest BCUT2D eigenvalue weighted by atomic mass is 10.2. The Hall–Kier alpha value is -3.41. The second-order valence-corrected chi connectivity index (χ2v) is 8.43. The van der Waals surface area contributed by atoms with Crippen molar-refractivity contribution in [3.63, 3.8) is 0 Å². The molecule has 9 nitrogen and oxygen atoms in total. The molecular formula is C18H16F2N4O5S. The van der Waals surface area contributed by atoms with Crippen LogP contribution in [-0.4, -0.2) is 23.5 Å². The maximum atomic E-state index is 13.7. The van der Waals surface area contributed by atoms with Gasteiger partial charge in [0.25, 0.3) is 15.7 Å². The minimum atomic E-state index is -4.47. The van der Waals surface area contributed by atoms with Crippen LogP contribution in [0.25, 0.3) is 0 Å². The SMILES string of the molecule is CC(C)c1noc(CN(c2cccc([N+](=O)[O-])c2)S(=O)(=O)c2ccc(F)c(F)c2)n1. The lowest BCUT2D eigenvalue weighted by Gasteiger charge is -2.23. The van der Waals surface area contributed by atoms with E-state index in [1.165, 1.54) is 18.2 Å². The van der Waals surface area contributed by atoms with Crippen molar-refractivity contribution in [3.8, 4) is 0 Å². The summed E-state index contributed by atoms with van der Waals surface area (Å²) in [6.07, 6.45) is 0. The highest BCUT2D eigenvalue weighted by atomic mass is 32.2. The molecule has 0 saturated carbocycles. The topological polar surface area (TPSA) is 119 Å². The van der Waals surface area contributed by atoms with Crippen LogP contribution in [0.4, 0.5) is 20.2 Å². The minimum absolute atomic E-state index is 0.0728. The fraction of sp³-hybridized carbons (Fsp3) is 0.222. The number of anilines is 1. The summed E-state index contributed by atoms with van der Waals surface area (Å²) in [6.45, 7) is 3.15. The molecule has 0 radical (unpaired) electrons. The van der Waals surface area contributed by atoms with Gasteiger partial charge in [-0.25, -0.2) is 17.2 Å². The summed E-state index contributed by atoms with van der Waals surface area (Å²) < 4.78 is 59.2. The van der Waals surface area contributed by atoms with Gasteiger partial charge in [-0.1, -0.05) is 25.1 Å². The van der Waals surface area contributed by atoms with Crippen molar-refractivity contribution in [2.45, 2.75) is 31.2 Å². The maximum Gasteiger partial charge on any atom is 0.271 e. The van der Waals surface area contributed by atoms with Crippen LogP contribution in [0, 0.1) is 21.7 Å². The monoisotopic (exact) mass is 438 g/mol. The zero-order chi connectivity index (χ0) is 22.1. The van der Waals surface area contributed by atoms with Crippen LogP contribution in [0.1, 0.15) is 31.5 Å². The average molecular weight is 438 g/mol. The van der Waals surface area contributed by atoms with Crippen LogP contribution in [0.3, 0.4) is 0 Å². The Kier molecular flexibility index (Phi) is 5.78. The van der Waals surface area contributed by atoms with Gasteiger partial charge < -0.3 is 4.52 Å². The first-order valence-corrected chi connectivity index (χ1v) is 10.1. The number of sulfonamides is 1. The smallest absolute Gasteiger partial charge is 0.271 e. The third kappa shape index (κ3) is 4.27. The number of benzene rings is 2. The van der Waals surface area contributed by atoms with Crippen molar-refractivity contribution in [3.05, 3.63) is 75.9 Å². The van der Waals surface area contributed by atoms with E-state index in [-0.39, 0.29) is 23.2 Å². The number of nitro groups is 1. The fourth-order valence-corrected chi connectivity index (χ4v) is 3.95. The molecular weight excluding hydrogens is 422 g/mol. The van der Waals surface area contributed by atoms with Gasteiger partial charge >= 0.3 is 0 Å². The molecule has 3 rings (SSSR count). The van der Waals surface area contributed by atoms with E-state index in [0.29, 0.717) is 18.0 Å². The van der Waals surface area contributed by atoms with E-state index in [9.17, 15) is 27.3 Å². The van der Waals surface area contributed by atoms with Crippen molar-refractivity contribution >= 4 is 21.4 Å². The summed E-state index contributed by atoms with van der Waals surface area (Å²) in [6, 6.07) is 6.95. The second kappa shape index (κ2) is 8.14. The highest BCUT2D eigenvalue weighted by molar-refractivity contribution is 7.92. The van der Waals surface area contributed by atoms with Crippen molar-refractivity contribution in [2.24, 2.45) is 0 Å². The molecule has 158 valence electrons. The van der Waals surface area contributed by atoms with Gasteiger partial charge in [-0.05, 0) is 24.3 Å². The summed E-state index contributed by atoms with van der Waals surface area (Å²) >= 11 is 0. The standard InChI is InChI=1S/C18H16F2N4O5S/c1-11(2)18-21-17(29-22-18)10-23(12-4-3-5-13(8-12)24(25)26)30(27,28)14-6-7-15(19)16(20)9-14/h3-9,11H,10H2,1-2H3. The van der Waals surface area contributed by atoms with Crippen LogP contribution >= 0.6 is 0 Å². The molecule has 0 atom stereocenters. The molecule has 12 heteroatoms. The maximum absolute atomic E-state index is 13.7. The third-order valence-electron chi connectivity index (χ3n) is 4.09. The van der Waals surface area contributed by atoms with Crippen molar-refractivity contribution in [1.29, 1.82) is 0 Å². The first-order valence-electron chi connectivity index (χ1n) is 8.64. The summed E-state index contributed by atoms with van der Waals surface area (Å²) in [4.78, 5) is 14.0. The van der Waals surface area contributed by atoms with Crippen molar-refractivity contribution in [1.82, 2.24) is 10.1 Å². The van der Waals surface area contributed by atoms with E-state index >= 15 is 0 Å². The molecule has 0 spiro atoms. The Balaban J connectivity index is 2.11. The Morgan fingerprint density at radius 3 is 2.50 bits per heavy atom. The molecule has 0 N–H and O–H groups in total. The summed E-state index contributed by atoms with van der Waals surface area (Å²) in [5.41, 5.74) is -0.440. The van der Waals surface area contributed by atoms with Gasteiger partial charge in [0.15, 0.2) is 17.5 Å². The fourth-order valence-electron chi connectivity index (χ4n) is 2.53. The third-order valence-corrected chi connectivity index (χ3v) is 5.86. The van der Waals surface area contributed by atoms with E-state index in [4.69, 9.17) is 4.52 Å². The van der Waals surface area contributed by atoms with Gasteiger partial charge in [0.1, 0.15) is 6.54 Å². The molecule has 1 heterocycles. The molecule has 0 amide bonds. The molecule has 0 saturated heterocycles. The first-order chi connectivity index (χ1) is 14.1. The molecule has 0 aliphatic rings.